The van der Waals surface area contributed by atoms with Crippen molar-refractivity contribution in [3.8, 4) is 5.75 Å². The van der Waals surface area contributed by atoms with Crippen LogP contribution >= 0.6 is 11.6 Å². The van der Waals surface area contributed by atoms with Gasteiger partial charge in [0.2, 0.25) is 0 Å². The van der Waals surface area contributed by atoms with E-state index in [-0.39, 0.29) is 10.5 Å². The fourth-order valence-corrected chi connectivity index (χ4v) is 4.22. The predicted octanol–water partition coefficient (Wildman–Crippen LogP) is 4.71. The van der Waals surface area contributed by atoms with Crippen LogP contribution in [0.15, 0.2) is 71.6 Å². The molecule has 0 heterocycles. The number of nitrogens with one attached hydrogen (secondary N) is 2. The van der Waals surface area contributed by atoms with Gasteiger partial charge in [-0.3, -0.25) is 9.52 Å². The number of aryl methyl sites for hydroxylation is 1. The zero-order valence-corrected chi connectivity index (χ0v) is 17.3. The van der Waals surface area contributed by atoms with Gasteiger partial charge in [-0.05, 0) is 55.0 Å². The van der Waals surface area contributed by atoms with Crippen LogP contribution in [0.2, 0.25) is 5.02 Å². The summed E-state index contributed by atoms with van der Waals surface area (Å²) in [5.74, 6) is -0.0461. The van der Waals surface area contributed by atoms with Gasteiger partial charge in [0.25, 0.3) is 15.9 Å². The van der Waals surface area contributed by atoms with E-state index in [2.05, 4.69) is 10.0 Å². The van der Waals surface area contributed by atoms with Gasteiger partial charge in [0.15, 0.2) is 0 Å². The molecule has 0 aliphatic rings. The predicted molar refractivity (Wildman–Crippen MR) is 114 cm³/mol. The van der Waals surface area contributed by atoms with E-state index < -0.39 is 15.9 Å². The molecule has 3 aromatic rings. The molecule has 150 valence electrons. The molecule has 3 aromatic carbocycles. The molecule has 0 saturated heterocycles. The molecule has 0 aromatic heterocycles. The number of benzene rings is 3. The number of rotatable bonds is 6. The minimum Gasteiger partial charge on any atom is -0.495 e. The van der Waals surface area contributed by atoms with Gasteiger partial charge in [-0.1, -0.05) is 35.9 Å². The normalized spacial score (nSPS) is 11.0. The molecule has 0 aliphatic carbocycles. The van der Waals surface area contributed by atoms with Crippen LogP contribution in [0, 0.1) is 6.92 Å². The third-order valence-corrected chi connectivity index (χ3v) is 5.93. The van der Waals surface area contributed by atoms with Crippen molar-refractivity contribution in [2.24, 2.45) is 0 Å². The maximum atomic E-state index is 12.8. The molecule has 8 heteroatoms. The Morgan fingerprint density at radius 2 is 1.72 bits per heavy atom. The summed E-state index contributed by atoms with van der Waals surface area (Å²) in [5.41, 5.74) is 1.53. The zero-order valence-electron chi connectivity index (χ0n) is 15.8. The zero-order chi connectivity index (χ0) is 21.0. The topological polar surface area (TPSA) is 84.5 Å². The summed E-state index contributed by atoms with van der Waals surface area (Å²) in [6.45, 7) is 1.67. The molecule has 29 heavy (non-hydrogen) atoms. The second kappa shape index (κ2) is 8.55. The summed E-state index contributed by atoms with van der Waals surface area (Å²) in [6.07, 6.45) is 0. The van der Waals surface area contributed by atoms with Crippen molar-refractivity contribution < 1.29 is 17.9 Å². The Kier molecular flexibility index (Phi) is 6.10. The van der Waals surface area contributed by atoms with Gasteiger partial charge in [0.1, 0.15) is 5.75 Å². The van der Waals surface area contributed by atoms with Crippen molar-refractivity contribution in [1.29, 1.82) is 0 Å². The molecule has 0 unspecified atom stereocenters. The van der Waals surface area contributed by atoms with E-state index in [4.69, 9.17) is 16.3 Å². The Bertz CT molecular complexity index is 1150. The van der Waals surface area contributed by atoms with Gasteiger partial charge in [-0.2, -0.15) is 0 Å². The van der Waals surface area contributed by atoms with Crippen molar-refractivity contribution >= 4 is 38.9 Å². The first-order valence-corrected chi connectivity index (χ1v) is 10.5. The molecule has 2 N–H and O–H groups in total. The molecule has 3 rings (SSSR count). The molecule has 0 bridgehead atoms. The Balaban J connectivity index is 1.91. The van der Waals surface area contributed by atoms with E-state index in [0.717, 1.165) is 0 Å². The number of ether oxygens (including phenoxy) is 1. The highest BCUT2D eigenvalue weighted by Crippen LogP contribution is 2.28. The van der Waals surface area contributed by atoms with Crippen LogP contribution in [-0.2, 0) is 10.0 Å². The van der Waals surface area contributed by atoms with Crippen LogP contribution in [0.4, 0.5) is 11.4 Å². The van der Waals surface area contributed by atoms with Crippen LogP contribution in [0.25, 0.3) is 0 Å². The smallest absolute Gasteiger partial charge is 0.262 e. The molecular formula is C21H19ClN2O4S. The van der Waals surface area contributed by atoms with Gasteiger partial charge in [-0.25, -0.2) is 8.42 Å². The Morgan fingerprint density at radius 3 is 2.41 bits per heavy atom. The van der Waals surface area contributed by atoms with E-state index in [9.17, 15) is 13.2 Å². The Hall–Kier alpha value is -3.03. The molecule has 0 atom stereocenters. The quantitative estimate of drug-likeness (QED) is 0.593. The summed E-state index contributed by atoms with van der Waals surface area (Å²) in [5, 5.41) is 3.13. The summed E-state index contributed by atoms with van der Waals surface area (Å²) < 4.78 is 33.4. The van der Waals surface area contributed by atoms with Gasteiger partial charge in [0, 0.05) is 16.3 Å². The van der Waals surface area contributed by atoms with Crippen molar-refractivity contribution in [2.75, 3.05) is 17.1 Å². The number of methoxy groups -OCH3 is 1. The lowest BCUT2D eigenvalue weighted by molar-refractivity contribution is 0.102. The minimum atomic E-state index is -3.87. The van der Waals surface area contributed by atoms with E-state index in [0.29, 0.717) is 27.7 Å². The standard InChI is InChI=1S/C21H19ClN2O4S/c1-14-8-9-15(21(25)23-18-13-16(22)10-11-19(18)28-2)12-20(14)29(26,27)24-17-6-4-3-5-7-17/h3-13,24H,1-2H3,(H,23,25). The molecule has 0 aliphatic heterocycles. The summed E-state index contributed by atoms with van der Waals surface area (Å²) in [4.78, 5) is 12.7. The van der Waals surface area contributed by atoms with Crippen LogP contribution in [0.1, 0.15) is 15.9 Å². The SMILES string of the molecule is COc1ccc(Cl)cc1NC(=O)c1ccc(C)c(S(=O)(=O)Nc2ccccc2)c1. The highest BCUT2D eigenvalue weighted by molar-refractivity contribution is 7.92. The lowest BCUT2D eigenvalue weighted by Gasteiger charge is -2.13. The third kappa shape index (κ3) is 4.88. The number of hydrogen-bond donors (Lipinski definition) is 2. The number of halogens is 1. The first-order chi connectivity index (χ1) is 13.8. The number of amides is 1. The number of anilines is 2. The summed E-state index contributed by atoms with van der Waals surface area (Å²) in [6, 6.07) is 17.9. The van der Waals surface area contributed by atoms with E-state index in [1.807, 2.05) is 0 Å². The van der Waals surface area contributed by atoms with Crippen LogP contribution < -0.4 is 14.8 Å². The Labute approximate surface area is 174 Å². The van der Waals surface area contributed by atoms with Gasteiger partial charge in [-0.15, -0.1) is 0 Å². The van der Waals surface area contributed by atoms with E-state index >= 15 is 0 Å². The van der Waals surface area contributed by atoms with Crippen LogP contribution in [0.5, 0.6) is 5.75 Å². The fraction of sp³-hybridized carbons (Fsp3) is 0.0952. The fourth-order valence-electron chi connectivity index (χ4n) is 2.72. The average Bonchev–Trinajstić information content (AvgIpc) is 2.68. The Morgan fingerprint density at radius 1 is 1.00 bits per heavy atom. The summed E-state index contributed by atoms with van der Waals surface area (Å²) >= 11 is 5.99. The first-order valence-electron chi connectivity index (χ1n) is 8.63. The van der Waals surface area contributed by atoms with Gasteiger partial charge in [0.05, 0.1) is 17.7 Å². The number of carbonyl (C=O) groups excluding carboxylic acids is 1. The van der Waals surface area contributed by atoms with Crippen molar-refractivity contribution in [1.82, 2.24) is 0 Å². The lowest BCUT2D eigenvalue weighted by atomic mass is 10.1. The lowest BCUT2D eigenvalue weighted by Crippen LogP contribution is -2.17. The minimum absolute atomic E-state index is 0.0204. The molecule has 6 nitrogen and oxygen atoms in total. The number of para-hydroxylation sites is 1. The second-order valence-corrected chi connectivity index (χ2v) is 8.34. The van der Waals surface area contributed by atoms with E-state index in [1.165, 1.54) is 13.2 Å². The van der Waals surface area contributed by atoms with Gasteiger partial charge < -0.3 is 10.1 Å². The highest BCUT2D eigenvalue weighted by Gasteiger charge is 2.20. The molecule has 0 saturated carbocycles. The first kappa shape index (κ1) is 20.7. The van der Waals surface area contributed by atoms with Crippen molar-refractivity contribution in [3.05, 3.63) is 82.9 Å². The number of hydrogen-bond acceptors (Lipinski definition) is 4. The highest BCUT2D eigenvalue weighted by atomic mass is 35.5. The number of sulfonamides is 1. The molecule has 0 fully saturated rings. The second-order valence-electron chi connectivity index (χ2n) is 6.25. The van der Waals surface area contributed by atoms with Crippen molar-refractivity contribution in [2.45, 2.75) is 11.8 Å². The van der Waals surface area contributed by atoms with Crippen molar-refractivity contribution in [3.63, 3.8) is 0 Å². The molecule has 0 radical (unpaired) electrons. The van der Waals surface area contributed by atoms with Gasteiger partial charge >= 0.3 is 0 Å². The third-order valence-electron chi connectivity index (χ3n) is 4.18. The largest absolute Gasteiger partial charge is 0.495 e. The maximum Gasteiger partial charge on any atom is 0.262 e. The molecular weight excluding hydrogens is 412 g/mol. The molecule has 0 spiro atoms. The van der Waals surface area contributed by atoms with E-state index in [1.54, 1.807) is 67.6 Å². The summed E-state index contributed by atoms with van der Waals surface area (Å²) in [7, 11) is -2.39. The average molecular weight is 431 g/mol. The molecule has 1 amide bonds. The van der Waals surface area contributed by atoms with Crippen LogP contribution in [0.3, 0.4) is 0 Å². The van der Waals surface area contributed by atoms with Crippen LogP contribution in [-0.4, -0.2) is 21.4 Å². The monoisotopic (exact) mass is 430 g/mol. The maximum absolute atomic E-state index is 12.8. The number of carbonyl (C=O) groups is 1.